The van der Waals surface area contributed by atoms with Crippen LogP contribution in [-0.2, 0) is 0 Å². The molecule has 8 aromatic carbocycles. The number of aromatic nitrogens is 4. The van der Waals surface area contributed by atoms with Gasteiger partial charge in [0.25, 0.3) is 0 Å². The standard InChI is InChI=1S/C50H30N4O/c1-3-13-31(14-4-1)47-37-18-7-10-20-40(37)51-50(52-47)32-23-25-34(26-24-32)54-42-29-27-36-35-17-8-11-21-41(35)53(33-15-5-2-6-16-33)48(36)45(42)39-28-30-44-46(49(39)54)38-19-9-12-22-43(38)55-44/h1-30H. The Morgan fingerprint density at radius 2 is 1.00 bits per heavy atom. The largest absolute Gasteiger partial charge is 0.456 e. The van der Waals surface area contributed by atoms with Gasteiger partial charge in [-0.2, -0.15) is 0 Å². The lowest BCUT2D eigenvalue weighted by atomic mass is 10.1. The molecule has 0 radical (unpaired) electrons. The van der Waals surface area contributed by atoms with Crippen molar-refractivity contribution in [2.45, 2.75) is 0 Å². The van der Waals surface area contributed by atoms with Crippen molar-refractivity contribution in [3.8, 4) is 34.0 Å². The van der Waals surface area contributed by atoms with E-state index in [0.717, 1.165) is 72.1 Å². The van der Waals surface area contributed by atoms with Gasteiger partial charge in [0.2, 0.25) is 0 Å². The number of fused-ring (bicyclic) bond motifs is 12. The van der Waals surface area contributed by atoms with E-state index in [-0.39, 0.29) is 0 Å². The molecule has 12 rings (SSSR count). The summed E-state index contributed by atoms with van der Waals surface area (Å²) in [5.74, 6) is 0.698. The van der Waals surface area contributed by atoms with Crippen molar-refractivity contribution < 1.29 is 4.42 Å². The Morgan fingerprint density at radius 1 is 0.364 bits per heavy atom. The predicted octanol–water partition coefficient (Wildman–Crippen LogP) is 13.1. The summed E-state index contributed by atoms with van der Waals surface area (Å²) in [6, 6.07) is 64.1. The highest BCUT2D eigenvalue weighted by atomic mass is 16.3. The fourth-order valence-corrected chi connectivity index (χ4v) is 8.75. The maximum Gasteiger partial charge on any atom is 0.160 e. The molecule has 0 saturated carbocycles. The average molecular weight is 703 g/mol. The maximum atomic E-state index is 6.50. The lowest BCUT2D eigenvalue weighted by Crippen LogP contribution is -1.97. The van der Waals surface area contributed by atoms with E-state index in [0.29, 0.717) is 5.82 Å². The fraction of sp³-hybridized carbons (Fsp3) is 0. The lowest BCUT2D eigenvalue weighted by molar-refractivity contribution is 0.669. The van der Waals surface area contributed by atoms with Gasteiger partial charge in [-0.1, -0.05) is 109 Å². The van der Waals surface area contributed by atoms with E-state index in [2.05, 4.69) is 167 Å². The minimum Gasteiger partial charge on any atom is -0.456 e. The van der Waals surface area contributed by atoms with Gasteiger partial charge in [-0.15, -0.1) is 0 Å². The third-order valence-corrected chi connectivity index (χ3v) is 11.1. The van der Waals surface area contributed by atoms with Crippen LogP contribution in [0.15, 0.2) is 186 Å². The van der Waals surface area contributed by atoms with E-state index < -0.39 is 0 Å². The summed E-state index contributed by atoms with van der Waals surface area (Å²) in [5, 5.41) is 8.07. The zero-order valence-corrected chi connectivity index (χ0v) is 29.5. The van der Waals surface area contributed by atoms with Crippen LogP contribution in [-0.4, -0.2) is 19.1 Å². The predicted molar refractivity (Wildman–Crippen MR) is 226 cm³/mol. The first-order valence-corrected chi connectivity index (χ1v) is 18.6. The van der Waals surface area contributed by atoms with Crippen molar-refractivity contribution in [1.29, 1.82) is 0 Å². The highest BCUT2D eigenvalue weighted by molar-refractivity contribution is 6.31. The zero-order chi connectivity index (χ0) is 36.0. The second-order valence-corrected chi connectivity index (χ2v) is 14.1. The molecule has 5 nitrogen and oxygen atoms in total. The van der Waals surface area contributed by atoms with Crippen molar-refractivity contribution in [2.75, 3.05) is 0 Å². The van der Waals surface area contributed by atoms with Gasteiger partial charge in [0.15, 0.2) is 5.82 Å². The first-order valence-electron chi connectivity index (χ1n) is 18.6. The smallest absolute Gasteiger partial charge is 0.160 e. The topological polar surface area (TPSA) is 48.8 Å². The van der Waals surface area contributed by atoms with Crippen molar-refractivity contribution in [1.82, 2.24) is 19.1 Å². The molecule has 0 spiro atoms. The van der Waals surface area contributed by atoms with Gasteiger partial charge >= 0.3 is 0 Å². The highest BCUT2D eigenvalue weighted by Crippen LogP contribution is 2.45. The van der Waals surface area contributed by atoms with E-state index in [4.69, 9.17) is 14.4 Å². The van der Waals surface area contributed by atoms with Gasteiger partial charge in [-0.3, -0.25) is 0 Å². The summed E-state index contributed by atoms with van der Waals surface area (Å²) in [4.78, 5) is 10.2. The molecule has 0 aliphatic rings. The van der Waals surface area contributed by atoms with Gasteiger partial charge in [0.1, 0.15) is 11.2 Å². The molecular weight excluding hydrogens is 673 g/mol. The third kappa shape index (κ3) is 4.35. The van der Waals surface area contributed by atoms with Gasteiger partial charge in [0.05, 0.1) is 38.7 Å². The number of rotatable bonds is 4. The normalized spacial score (nSPS) is 12.0. The van der Waals surface area contributed by atoms with E-state index in [9.17, 15) is 0 Å². The quantitative estimate of drug-likeness (QED) is 0.183. The Morgan fingerprint density at radius 3 is 1.84 bits per heavy atom. The summed E-state index contributed by atoms with van der Waals surface area (Å²) in [7, 11) is 0. The van der Waals surface area contributed by atoms with Crippen LogP contribution in [0.3, 0.4) is 0 Å². The Bertz CT molecular complexity index is 3470. The summed E-state index contributed by atoms with van der Waals surface area (Å²) >= 11 is 0. The Kier molecular flexibility index (Phi) is 6.27. The summed E-state index contributed by atoms with van der Waals surface area (Å²) in [5.41, 5.74) is 12.4. The Balaban J connectivity index is 1.16. The number of nitrogens with zero attached hydrogens (tertiary/aromatic N) is 4. The molecule has 0 saturated heterocycles. The Hall–Kier alpha value is -7.50. The molecule has 0 bridgehead atoms. The Labute approximate surface area is 315 Å². The number of furan rings is 1. The molecular formula is C50H30N4O. The van der Waals surface area contributed by atoms with Gasteiger partial charge < -0.3 is 13.6 Å². The number of hydrogen-bond acceptors (Lipinski definition) is 3. The van der Waals surface area contributed by atoms with Gasteiger partial charge in [0, 0.05) is 54.8 Å². The summed E-state index contributed by atoms with van der Waals surface area (Å²) in [6.07, 6.45) is 0. The molecule has 12 aromatic rings. The molecule has 4 aromatic heterocycles. The van der Waals surface area contributed by atoms with Crippen LogP contribution >= 0.6 is 0 Å². The molecule has 0 unspecified atom stereocenters. The minimum absolute atomic E-state index is 0.698. The monoisotopic (exact) mass is 702 g/mol. The van der Waals surface area contributed by atoms with Crippen LogP contribution in [0.2, 0.25) is 0 Å². The van der Waals surface area contributed by atoms with Crippen LogP contribution in [0.1, 0.15) is 0 Å². The van der Waals surface area contributed by atoms with E-state index in [1.54, 1.807) is 0 Å². The highest BCUT2D eigenvalue weighted by Gasteiger charge is 2.24. The lowest BCUT2D eigenvalue weighted by Gasteiger charge is -2.12. The number of hydrogen-bond donors (Lipinski definition) is 0. The van der Waals surface area contributed by atoms with E-state index in [1.165, 1.54) is 32.6 Å². The first kappa shape index (κ1) is 30.0. The summed E-state index contributed by atoms with van der Waals surface area (Å²) in [6.45, 7) is 0. The first-order chi connectivity index (χ1) is 27.3. The molecule has 256 valence electrons. The minimum atomic E-state index is 0.698. The molecule has 4 heterocycles. The molecule has 0 aliphatic heterocycles. The van der Waals surface area contributed by atoms with Crippen LogP contribution in [0.4, 0.5) is 0 Å². The fourth-order valence-electron chi connectivity index (χ4n) is 8.75. The third-order valence-electron chi connectivity index (χ3n) is 11.1. The number of benzene rings is 8. The van der Waals surface area contributed by atoms with Crippen LogP contribution in [0.5, 0.6) is 0 Å². The molecule has 0 fully saturated rings. The second-order valence-electron chi connectivity index (χ2n) is 14.1. The van der Waals surface area contributed by atoms with E-state index >= 15 is 0 Å². The second kappa shape index (κ2) is 11.5. The molecule has 5 heteroatoms. The number of para-hydroxylation sites is 4. The van der Waals surface area contributed by atoms with Crippen molar-refractivity contribution in [3.05, 3.63) is 182 Å². The average Bonchev–Trinajstić information content (AvgIpc) is 3.91. The maximum absolute atomic E-state index is 6.50. The summed E-state index contributed by atoms with van der Waals surface area (Å²) < 4.78 is 11.3. The van der Waals surface area contributed by atoms with Crippen molar-refractivity contribution in [2.24, 2.45) is 0 Å². The van der Waals surface area contributed by atoms with Crippen molar-refractivity contribution >= 4 is 76.5 Å². The molecule has 0 amide bonds. The van der Waals surface area contributed by atoms with Crippen LogP contribution in [0, 0.1) is 0 Å². The molecule has 0 aliphatic carbocycles. The van der Waals surface area contributed by atoms with Crippen LogP contribution < -0.4 is 0 Å². The molecule has 0 atom stereocenters. The van der Waals surface area contributed by atoms with Gasteiger partial charge in [-0.25, -0.2) is 9.97 Å². The van der Waals surface area contributed by atoms with Crippen LogP contribution in [0.25, 0.3) is 110 Å². The van der Waals surface area contributed by atoms with E-state index in [1.807, 2.05) is 24.3 Å². The van der Waals surface area contributed by atoms with Gasteiger partial charge in [-0.05, 0) is 72.8 Å². The van der Waals surface area contributed by atoms with Crippen molar-refractivity contribution in [3.63, 3.8) is 0 Å². The molecule has 55 heavy (non-hydrogen) atoms. The molecule has 0 N–H and O–H groups in total. The SMILES string of the molecule is c1ccc(-c2nc(-c3ccc(-n4c5ccc6c7ccccc7n(-c7ccccc7)c6c5c5ccc6oc7ccccc7c6c54)cc3)nc3ccccc23)cc1. The zero-order valence-electron chi connectivity index (χ0n) is 29.5.